The minimum absolute atomic E-state index is 0.0429. The Kier molecular flexibility index (Phi) is 8.16. The van der Waals surface area contributed by atoms with E-state index in [1.165, 1.54) is 0 Å². The summed E-state index contributed by atoms with van der Waals surface area (Å²) in [6.45, 7) is 1.15. The maximum atomic E-state index is 12.5. The Labute approximate surface area is 214 Å². The zero-order valence-electron chi connectivity index (χ0n) is 19.7. The number of amides is 1. The van der Waals surface area contributed by atoms with Gasteiger partial charge in [-0.05, 0) is 53.9 Å². The van der Waals surface area contributed by atoms with E-state index in [-0.39, 0.29) is 12.3 Å². The first-order valence-corrected chi connectivity index (χ1v) is 12.1. The average molecular weight is 512 g/mol. The lowest BCUT2D eigenvalue weighted by atomic mass is 10.1. The number of nitrogens with zero attached hydrogens (tertiary/aromatic N) is 2. The van der Waals surface area contributed by atoms with E-state index in [4.69, 9.17) is 37.7 Å². The number of imidazole rings is 1. The van der Waals surface area contributed by atoms with Crippen LogP contribution in [0.4, 0.5) is 0 Å². The normalized spacial score (nSPS) is 11.0. The highest BCUT2D eigenvalue weighted by Gasteiger charge is 2.13. The Bertz CT molecular complexity index is 1340. The largest absolute Gasteiger partial charge is 0.493 e. The Morgan fingerprint density at radius 2 is 1.80 bits per heavy atom. The van der Waals surface area contributed by atoms with Gasteiger partial charge in [0.25, 0.3) is 0 Å². The van der Waals surface area contributed by atoms with Gasteiger partial charge >= 0.3 is 0 Å². The summed E-state index contributed by atoms with van der Waals surface area (Å²) < 4.78 is 12.7. The van der Waals surface area contributed by atoms with Gasteiger partial charge in [-0.1, -0.05) is 47.5 Å². The first-order chi connectivity index (χ1) is 17.0. The van der Waals surface area contributed by atoms with Gasteiger partial charge in [-0.3, -0.25) is 4.79 Å². The predicted octanol–water partition coefficient (Wildman–Crippen LogP) is 5.70. The van der Waals surface area contributed by atoms with E-state index in [0.29, 0.717) is 34.6 Å². The number of halogens is 2. The van der Waals surface area contributed by atoms with Crippen molar-refractivity contribution >= 4 is 40.1 Å². The van der Waals surface area contributed by atoms with E-state index < -0.39 is 0 Å². The third kappa shape index (κ3) is 6.08. The molecule has 0 atom stereocenters. The van der Waals surface area contributed by atoms with Crippen LogP contribution in [0.2, 0.25) is 10.0 Å². The fraction of sp³-hybridized carbons (Fsp3) is 0.259. The Morgan fingerprint density at radius 3 is 2.57 bits per heavy atom. The fourth-order valence-corrected chi connectivity index (χ4v) is 4.49. The number of methoxy groups -OCH3 is 2. The number of nitrogens with one attached hydrogen (secondary N) is 1. The molecule has 6 nitrogen and oxygen atoms in total. The molecule has 35 heavy (non-hydrogen) atoms. The van der Waals surface area contributed by atoms with E-state index in [0.717, 1.165) is 40.8 Å². The van der Waals surface area contributed by atoms with Crippen molar-refractivity contribution in [3.63, 3.8) is 0 Å². The van der Waals surface area contributed by atoms with Gasteiger partial charge in [0.2, 0.25) is 5.91 Å². The zero-order chi connectivity index (χ0) is 24.8. The number of benzene rings is 3. The number of hydrogen-bond donors (Lipinski definition) is 1. The molecule has 0 aliphatic heterocycles. The lowest BCUT2D eigenvalue weighted by Gasteiger charge is -2.12. The van der Waals surface area contributed by atoms with E-state index in [1.807, 2.05) is 42.5 Å². The van der Waals surface area contributed by atoms with E-state index in [1.54, 1.807) is 26.4 Å². The maximum Gasteiger partial charge on any atom is 0.224 e. The van der Waals surface area contributed by atoms with E-state index in [2.05, 4.69) is 16.0 Å². The van der Waals surface area contributed by atoms with Gasteiger partial charge in [-0.25, -0.2) is 4.98 Å². The summed E-state index contributed by atoms with van der Waals surface area (Å²) >= 11 is 12.5. The van der Waals surface area contributed by atoms with Crippen molar-refractivity contribution in [3.05, 3.63) is 87.7 Å². The molecule has 0 saturated heterocycles. The summed E-state index contributed by atoms with van der Waals surface area (Å²) in [5, 5.41) is 4.24. The van der Waals surface area contributed by atoms with Gasteiger partial charge in [0.05, 0.1) is 38.2 Å². The molecule has 1 heterocycles. The number of rotatable bonds is 10. The molecule has 4 rings (SSSR count). The summed E-state index contributed by atoms with van der Waals surface area (Å²) in [5.41, 5.74) is 3.82. The maximum absolute atomic E-state index is 12.5. The highest BCUT2D eigenvalue weighted by atomic mass is 35.5. The molecular weight excluding hydrogens is 485 g/mol. The van der Waals surface area contributed by atoms with Crippen LogP contribution >= 0.6 is 23.2 Å². The molecule has 0 aliphatic carbocycles. The molecule has 0 unspecified atom stereocenters. The number of carbonyl (C=O) groups excluding carboxylic acids is 1. The second kappa shape index (κ2) is 11.5. The number of ether oxygens (including phenoxy) is 2. The smallest absolute Gasteiger partial charge is 0.224 e. The van der Waals surface area contributed by atoms with Gasteiger partial charge < -0.3 is 19.4 Å². The summed E-state index contributed by atoms with van der Waals surface area (Å²) in [6, 6.07) is 19.1. The minimum atomic E-state index is -0.0429. The zero-order valence-corrected chi connectivity index (χ0v) is 21.2. The monoisotopic (exact) mass is 511 g/mol. The second-order valence-electron chi connectivity index (χ2n) is 8.16. The number of aryl methyl sites for hydroxylation is 1. The van der Waals surface area contributed by atoms with Crippen LogP contribution in [0.3, 0.4) is 0 Å². The van der Waals surface area contributed by atoms with Gasteiger partial charge in [-0.15, -0.1) is 0 Å². The molecule has 0 spiro atoms. The first-order valence-electron chi connectivity index (χ1n) is 11.3. The van der Waals surface area contributed by atoms with Crippen LogP contribution in [0, 0.1) is 0 Å². The van der Waals surface area contributed by atoms with Crippen molar-refractivity contribution in [2.24, 2.45) is 0 Å². The SMILES string of the molecule is COc1ccc(CC(=O)NCCCc2nc3ccccc3n2Cc2ccc(Cl)cc2Cl)cc1OC. The van der Waals surface area contributed by atoms with Crippen LogP contribution < -0.4 is 14.8 Å². The van der Waals surface area contributed by atoms with Crippen LogP contribution in [0.1, 0.15) is 23.4 Å². The third-order valence-electron chi connectivity index (χ3n) is 5.79. The highest BCUT2D eigenvalue weighted by Crippen LogP contribution is 2.28. The number of aromatic nitrogens is 2. The topological polar surface area (TPSA) is 65.4 Å². The summed E-state index contributed by atoms with van der Waals surface area (Å²) in [4.78, 5) is 17.3. The minimum Gasteiger partial charge on any atom is -0.493 e. The van der Waals surface area contributed by atoms with Crippen molar-refractivity contribution in [1.29, 1.82) is 0 Å². The lowest BCUT2D eigenvalue weighted by Crippen LogP contribution is -2.26. The molecule has 4 aromatic rings. The molecule has 3 aromatic carbocycles. The van der Waals surface area contributed by atoms with Gasteiger partial charge in [0, 0.05) is 23.0 Å². The summed E-state index contributed by atoms with van der Waals surface area (Å²) in [7, 11) is 3.17. The molecular formula is C27H27Cl2N3O3. The quantitative estimate of drug-likeness (QED) is 0.277. The molecule has 1 aromatic heterocycles. The molecule has 0 saturated carbocycles. The Hall–Kier alpha value is -3.22. The second-order valence-corrected chi connectivity index (χ2v) is 9.00. The lowest BCUT2D eigenvalue weighted by molar-refractivity contribution is -0.120. The first kappa shape index (κ1) is 24.9. The van der Waals surface area contributed by atoms with Crippen LogP contribution in [0.5, 0.6) is 11.5 Å². The third-order valence-corrected chi connectivity index (χ3v) is 6.38. The van der Waals surface area contributed by atoms with Crippen LogP contribution in [0.25, 0.3) is 11.0 Å². The highest BCUT2D eigenvalue weighted by molar-refractivity contribution is 6.35. The predicted molar refractivity (Wildman–Crippen MR) is 140 cm³/mol. The fourth-order valence-electron chi connectivity index (χ4n) is 4.03. The number of carbonyl (C=O) groups is 1. The molecule has 8 heteroatoms. The molecule has 0 radical (unpaired) electrons. The van der Waals surface area contributed by atoms with E-state index in [9.17, 15) is 4.79 Å². The molecule has 1 N–H and O–H groups in total. The van der Waals surface area contributed by atoms with Crippen molar-refractivity contribution in [2.75, 3.05) is 20.8 Å². The van der Waals surface area contributed by atoms with Crippen LogP contribution in [0.15, 0.2) is 60.7 Å². The molecule has 182 valence electrons. The van der Waals surface area contributed by atoms with Gasteiger partial charge in [-0.2, -0.15) is 0 Å². The van der Waals surface area contributed by atoms with Crippen molar-refractivity contribution in [1.82, 2.24) is 14.9 Å². The molecule has 0 fully saturated rings. The Morgan fingerprint density at radius 1 is 1.00 bits per heavy atom. The molecule has 0 bridgehead atoms. The van der Waals surface area contributed by atoms with Gasteiger partial charge in [0.15, 0.2) is 11.5 Å². The van der Waals surface area contributed by atoms with E-state index >= 15 is 0 Å². The number of fused-ring (bicyclic) bond motifs is 1. The van der Waals surface area contributed by atoms with Crippen molar-refractivity contribution in [2.45, 2.75) is 25.8 Å². The number of para-hydroxylation sites is 2. The Balaban J connectivity index is 1.38. The number of hydrogen-bond acceptors (Lipinski definition) is 4. The summed E-state index contributed by atoms with van der Waals surface area (Å²) in [6.07, 6.45) is 1.75. The summed E-state index contributed by atoms with van der Waals surface area (Å²) in [5.74, 6) is 2.15. The van der Waals surface area contributed by atoms with Crippen molar-refractivity contribution < 1.29 is 14.3 Å². The average Bonchev–Trinajstić information content (AvgIpc) is 3.20. The van der Waals surface area contributed by atoms with Gasteiger partial charge in [0.1, 0.15) is 5.82 Å². The molecule has 0 aliphatic rings. The van der Waals surface area contributed by atoms with Crippen LogP contribution in [-0.2, 0) is 24.2 Å². The standard InChI is InChI=1S/C27H27Cl2N3O3/c1-34-24-12-9-18(14-25(24)35-2)15-27(33)30-13-5-8-26-31-22-6-3-4-7-23(22)32(26)17-19-10-11-20(28)16-21(19)29/h3-4,6-7,9-12,14,16H,5,8,13,15,17H2,1-2H3,(H,30,33). The molecule has 1 amide bonds. The van der Waals surface area contributed by atoms with Crippen LogP contribution in [-0.4, -0.2) is 36.2 Å². The van der Waals surface area contributed by atoms with Crippen molar-refractivity contribution in [3.8, 4) is 11.5 Å².